The number of hydrogen-bond donors (Lipinski definition) is 1. The number of rotatable bonds is 4. The number of ether oxygens (including phenoxy) is 1. The van der Waals surface area contributed by atoms with E-state index in [4.69, 9.17) is 4.74 Å². The SMILES string of the molecule is CCNc1cccc(OC2CCCCC2)c1. The standard InChI is InChI=1S/C14H21NO/c1-2-15-12-7-6-10-14(11-12)16-13-8-4-3-5-9-13/h6-7,10-11,13,15H,2-5,8-9H2,1H3. The molecule has 1 saturated carbocycles. The van der Waals surface area contributed by atoms with Gasteiger partial charge in [-0.2, -0.15) is 0 Å². The van der Waals surface area contributed by atoms with Gasteiger partial charge in [-0.25, -0.2) is 0 Å². The maximum Gasteiger partial charge on any atom is 0.121 e. The Balaban J connectivity index is 1.94. The van der Waals surface area contributed by atoms with E-state index in [1.165, 1.54) is 32.1 Å². The second kappa shape index (κ2) is 5.78. The van der Waals surface area contributed by atoms with Gasteiger partial charge in [-0.05, 0) is 44.7 Å². The fraction of sp³-hybridized carbons (Fsp3) is 0.571. The largest absolute Gasteiger partial charge is 0.490 e. The van der Waals surface area contributed by atoms with Crippen LogP contribution in [0.4, 0.5) is 5.69 Å². The predicted molar refractivity (Wildman–Crippen MR) is 68.1 cm³/mol. The van der Waals surface area contributed by atoms with Crippen LogP contribution < -0.4 is 10.1 Å². The highest BCUT2D eigenvalue weighted by molar-refractivity contribution is 5.48. The van der Waals surface area contributed by atoms with Crippen LogP contribution in [-0.4, -0.2) is 12.6 Å². The molecule has 1 fully saturated rings. The van der Waals surface area contributed by atoms with Gasteiger partial charge in [0.05, 0.1) is 6.10 Å². The number of hydrogen-bond acceptors (Lipinski definition) is 2. The molecule has 1 aromatic carbocycles. The topological polar surface area (TPSA) is 21.3 Å². The molecule has 0 radical (unpaired) electrons. The molecule has 0 unspecified atom stereocenters. The van der Waals surface area contributed by atoms with Gasteiger partial charge in [-0.15, -0.1) is 0 Å². The molecular formula is C14H21NO. The zero-order valence-electron chi connectivity index (χ0n) is 10.0. The molecule has 16 heavy (non-hydrogen) atoms. The van der Waals surface area contributed by atoms with Gasteiger partial charge >= 0.3 is 0 Å². The molecule has 2 nitrogen and oxygen atoms in total. The minimum atomic E-state index is 0.436. The summed E-state index contributed by atoms with van der Waals surface area (Å²) in [5.74, 6) is 1.00. The van der Waals surface area contributed by atoms with E-state index in [0.717, 1.165) is 18.0 Å². The van der Waals surface area contributed by atoms with Gasteiger partial charge in [0, 0.05) is 18.3 Å². The minimum absolute atomic E-state index is 0.436. The van der Waals surface area contributed by atoms with Crippen LogP contribution in [0.1, 0.15) is 39.0 Å². The molecule has 0 aromatic heterocycles. The molecular weight excluding hydrogens is 198 g/mol. The highest BCUT2D eigenvalue weighted by Gasteiger charge is 2.14. The average molecular weight is 219 g/mol. The van der Waals surface area contributed by atoms with Crippen LogP contribution in [0, 0.1) is 0 Å². The summed E-state index contributed by atoms with van der Waals surface area (Å²) in [6.07, 6.45) is 6.87. The highest BCUT2D eigenvalue weighted by Crippen LogP contribution is 2.24. The smallest absolute Gasteiger partial charge is 0.121 e. The molecule has 1 N–H and O–H groups in total. The van der Waals surface area contributed by atoms with E-state index < -0.39 is 0 Å². The van der Waals surface area contributed by atoms with Gasteiger partial charge in [0.1, 0.15) is 5.75 Å². The van der Waals surface area contributed by atoms with E-state index in [1.54, 1.807) is 0 Å². The first-order valence-corrected chi connectivity index (χ1v) is 6.39. The van der Waals surface area contributed by atoms with Crippen LogP contribution >= 0.6 is 0 Å². The summed E-state index contributed by atoms with van der Waals surface area (Å²) in [6, 6.07) is 8.28. The predicted octanol–water partition coefficient (Wildman–Crippen LogP) is 3.83. The third-order valence-corrected chi connectivity index (χ3v) is 3.07. The van der Waals surface area contributed by atoms with E-state index in [9.17, 15) is 0 Å². The van der Waals surface area contributed by atoms with Crippen LogP contribution in [-0.2, 0) is 0 Å². The van der Waals surface area contributed by atoms with Gasteiger partial charge in [0.15, 0.2) is 0 Å². The normalized spacial score (nSPS) is 17.1. The van der Waals surface area contributed by atoms with Crippen molar-refractivity contribution in [2.45, 2.75) is 45.1 Å². The second-order valence-electron chi connectivity index (χ2n) is 4.44. The molecule has 0 aliphatic heterocycles. The quantitative estimate of drug-likeness (QED) is 0.831. The summed E-state index contributed by atoms with van der Waals surface area (Å²) in [5.41, 5.74) is 1.15. The second-order valence-corrected chi connectivity index (χ2v) is 4.44. The van der Waals surface area contributed by atoms with E-state index in [0.29, 0.717) is 6.10 Å². The Hall–Kier alpha value is -1.18. The van der Waals surface area contributed by atoms with Crippen molar-refractivity contribution in [2.24, 2.45) is 0 Å². The fourth-order valence-corrected chi connectivity index (χ4v) is 2.26. The molecule has 0 amide bonds. The van der Waals surface area contributed by atoms with Crippen molar-refractivity contribution in [3.63, 3.8) is 0 Å². The first kappa shape index (κ1) is 11.3. The Labute approximate surface area is 98.0 Å². The summed E-state index contributed by atoms with van der Waals surface area (Å²) in [5, 5.41) is 3.31. The van der Waals surface area contributed by atoms with E-state index >= 15 is 0 Å². The summed E-state index contributed by atoms with van der Waals surface area (Å²) >= 11 is 0. The van der Waals surface area contributed by atoms with Gasteiger partial charge < -0.3 is 10.1 Å². The van der Waals surface area contributed by atoms with Crippen molar-refractivity contribution in [3.8, 4) is 5.75 Å². The zero-order valence-corrected chi connectivity index (χ0v) is 10.0. The Bertz CT molecular complexity index is 318. The van der Waals surface area contributed by atoms with E-state index in [1.807, 2.05) is 0 Å². The van der Waals surface area contributed by atoms with Crippen molar-refractivity contribution < 1.29 is 4.74 Å². The molecule has 0 saturated heterocycles. The van der Waals surface area contributed by atoms with E-state index in [2.05, 4.69) is 36.5 Å². The Morgan fingerprint density at radius 3 is 2.81 bits per heavy atom. The van der Waals surface area contributed by atoms with Crippen LogP contribution in [0.3, 0.4) is 0 Å². The molecule has 1 aliphatic rings. The summed E-state index contributed by atoms with van der Waals surface area (Å²) < 4.78 is 6.00. The van der Waals surface area contributed by atoms with Crippen LogP contribution in [0.5, 0.6) is 5.75 Å². The molecule has 1 aliphatic carbocycles. The lowest BCUT2D eigenvalue weighted by Gasteiger charge is -2.23. The van der Waals surface area contributed by atoms with Gasteiger partial charge in [0.25, 0.3) is 0 Å². The lowest BCUT2D eigenvalue weighted by molar-refractivity contribution is 0.155. The Morgan fingerprint density at radius 2 is 2.06 bits per heavy atom. The first-order valence-electron chi connectivity index (χ1n) is 6.39. The average Bonchev–Trinajstić information content (AvgIpc) is 2.31. The fourth-order valence-electron chi connectivity index (χ4n) is 2.26. The zero-order chi connectivity index (χ0) is 11.2. The monoisotopic (exact) mass is 219 g/mol. The highest BCUT2D eigenvalue weighted by atomic mass is 16.5. The lowest BCUT2D eigenvalue weighted by atomic mass is 9.98. The summed E-state index contributed by atoms with van der Waals surface area (Å²) in [7, 11) is 0. The van der Waals surface area contributed by atoms with Gasteiger partial charge in [-0.1, -0.05) is 12.5 Å². The molecule has 2 heteroatoms. The molecule has 0 bridgehead atoms. The summed E-state index contributed by atoms with van der Waals surface area (Å²) in [4.78, 5) is 0. The van der Waals surface area contributed by atoms with Crippen LogP contribution in [0.15, 0.2) is 24.3 Å². The lowest BCUT2D eigenvalue weighted by Crippen LogP contribution is -2.19. The molecule has 0 spiro atoms. The minimum Gasteiger partial charge on any atom is -0.490 e. The third-order valence-electron chi connectivity index (χ3n) is 3.07. The van der Waals surface area contributed by atoms with Crippen LogP contribution in [0.2, 0.25) is 0 Å². The summed E-state index contributed by atoms with van der Waals surface area (Å²) in [6.45, 7) is 3.06. The first-order chi connectivity index (χ1) is 7.88. The molecule has 0 heterocycles. The van der Waals surface area contributed by atoms with Crippen molar-refractivity contribution in [1.29, 1.82) is 0 Å². The molecule has 0 atom stereocenters. The van der Waals surface area contributed by atoms with Crippen molar-refractivity contribution in [2.75, 3.05) is 11.9 Å². The number of benzene rings is 1. The Kier molecular flexibility index (Phi) is 4.09. The van der Waals surface area contributed by atoms with Crippen molar-refractivity contribution >= 4 is 5.69 Å². The molecule has 88 valence electrons. The van der Waals surface area contributed by atoms with Crippen molar-refractivity contribution in [3.05, 3.63) is 24.3 Å². The maximum atomic E-state index is 6.00. The van der Waals surface area contributed by atoms with Crippen molar-refractivity contribution in [1.82, 2.24) is 0 Å². The maximum absolute atomic E-state index is 6.00. The number of anilines is 1. The molecule has 2 rings (SSSR count). The van der Waals surface area contributed by atoms with Crippen LogP contribution in [0.25, 0.3) is 0 Å². The third kappa shape index (κ3) is 3.16. The molecule has 1 aromatic rings. The number of nitrogens with one attached hydrogen (secondary N) is 1. The van der Waals surface area contributed by atoms with E-state index in [-0.39, 0.29) is 0 Å². The Morgan fingerprint density at radius 1 is 1.25 bits per heavy atom. The van der Waals surface area contributed by atoms with Gasteiger partial charge in [-0.3, -0.25) is 0 Å². The van der Waals surface area contributed by atoms with Gasteiger partial charge in [0.2, 0.25) is 0 Å².